The van der Waals surface area contributed by atoms with Crippen molar-refractivity contribution in [3.8, 4) is 18.2 Å². The normalized spacial score (nSPS) is 12.4. The SMILES string of the molecule is [C-]#[N+]C(C#N)=C(C(=C=[N-])C=C(C#N)C(=C(C#N)[N+]#[C-])c1ccc(NS(C)(=O)=O)cc1)c1ccc(NS(C)(=O)=O)cc1. The maximum Gasteiger partial charge on any atom is 0.270 e. The zero-order valence-corrected chi connectivity index (χ0v) is 23.0. The summed E-state index contributed by atoms with van der Waals surface area (Å²) in [5, 5.41) is 39.2. The van der Waals surface area contributed by atoms with Gasteiger partial charge in [-0.25, -0.2) is 37.0 Å². The van der Waals surface area contributed by atoms with E-state index in [1.165, 1.54) is 48.5 Å². The summed E-state index contributed by atoms with van der Waals surface area (Å²) in [6, 6.07) is 16.1. The first kappa shape index (κ1) is 31.3. The molecule has 2 aromatic rings. The average Bonchev–Trinajstić information content (AvgIpc) is 2.91. The van der Waals surface area contributed by atoms with Crippen LogP contribution in [0.4, 0.5) is 11.4 Å². The molecule has 2 rings (SSSR count). The molecule has 0 fully saturated rings. The first-order chi connectivity index (χ1) is 19.3. The summed E-state index contributed by atoms with van der Waals surface area (Å²) < 4.78 is 50.6. The molecule has 0 spiro atoms. The van der Waals surface area contributed by atoms with E-state index >= 15 is 0 Å². The van der Waals surface area contributed by atoms with E-state index in [0.717, 1.165) is 18.6 Å². The van der Waals surface area contributed by atoms with Gasteiger partial charge in [-0.05, 0) is 47.0 Å². The Morgan fingerprint density at radius 2 is 1.15 bits per heavy atom. The number of nitrogens with zero attached hydrogens (tertiary/aromatic N) is 6. The Labute approximate surface area is 237 Å². The van der Waals surface area contributed by atoms with Crippen molar-refractivity contribution in [2.75, 3.05) is 22.0 Å². The quantitative estimate of drug-likeness (QED) is 0.193. The summed E-state index contributed by atoms with van der Waals surface area (Å²) in [7, 11) is -7.19. The molecule has 202 valence electrons. The van der Waals surface area contributed by atoms with Gasteiger partial charge in [0.15, 0.2) is 0 Å². The van der Waals surface area contributed by atoms with Crippen LogP contribution >= 0.6 is 0 Å². The minimum absolute atomic E-state index is 0.169. The van der Waals surface area contributed by atoms with Gasteiger partial charge < -0.3 is 5.41 Å². The van der Waals surface area contributed by atoms with Crippen LogP contribution < -0.4 is 9.44 Å². The molecule has 0 saturated carbocycles. The van der Waals surface area contributed by atoms with Crippen molar-refractivity contribution in [2.24, 2.45) is 0 Å². The van der Waals surface area contributed by atoms with Crippen LogP contribution in [0.2, 0.25) is 0 Å². The Morgan fingerprint density at radius 1 is 0.756 bits per heavy atom. The number of anilines is 2. The van der Waals surface area contributed by atoms with E-state index in [4.69, 9.17) is 13.1 Å². The zero-order chi connectivity index (χ0) is 30.8. The van der Waals surface area contributed by atoms with E-state index in [2.05, 4.69) is 19.1 Å². The van der Waals surface area contributed by atoms with Crippen LogP contribution in [-0.4, -0.2) is 35.2 Å². The number of benzene rings is 2. The largest absolute Gasteiger partial charge is 0.763 e. The molecule has 0 heterocycles. The van der Waals surface area contributed by atoms with Crippen LogP contribution in [-0.2, 0) is 20.0 Å². The van der Waals surface area contributed by atoms with Gasteiger partial charge in [-0.15, -0.1) is 0 Å². The second-order valence-electron chi connectivity index (χ2n) is 7.99. The van der Waals surface area contributed by atoms with E-state index in [-0.39, 0.29) is 44.8 Å². The molecule has 2 aromatic carbocycles. The first-order valence-electron chi connectivity index (χ1n) is 10.9. The number of rotatable bonds is 9. The van der Waals surface area contributed by atoms with Gasteiger partial charge in [0.25, 0.3) is 11.4 Å². The van der Waals surface area contributed by atoms with E-state index in [1.807, 2.05) is 11.9 Å². The highest BCUT2D eigenvalue weighted by molar-refractivity contribution is 7.92. The maximum atomic E-state index is 11.5. The van der Waals surface area contributed by atoms with E-state index in [9.17, 15) is 38.0 Å². The zero-order valence-electron chi connectivity index (χ0n) is 21.3. The van der Waals surface area contributed by atoms with Crippen molar-refractivity contribution < 1.29 is 16.8 Å². The molecule has 0 bridgehead atoms. The summed E-state index contributed by atoms with van der Waals surface area (Å²) in [4.78, 5) is 6.36. The topological polar surface area (TPSA) is 195 Å². The average molecular weight is 582 g/mol. The molecule has 0 unspecified atom stereocenters. The molecule has 0 atom stereocenters. The van der Waals surface area contributed by atoms with Crippen molar-refractivity contribution in [2.45, 2.75) is 0 Å². The van der Waals surface area contributed by atoms with E-state index in [1.54, 1.807) is 12.1 Å². The highest BCUT2D eigenvalue weighted by Crippen LogP contribution is 2.33. The molecule has 0 saturated heterocycles. The molecular formula is C27H17N8O4S2-. The summed E-state index contributed by atoms with van der Waals surface area (Å²) in [5.74, 6) is 1.85. The summed E-state index contributed by atoms with van der Waals surface area (Å²) in [5.41, 5.74) is -1.30. The number of nitrogens with one attached hydrogen (secondary N) is 2. The van der Waals surface area contributed by atoms with Crippen molar-refractivity contribution in [1.29, 1.82) is 15.8 Å². The van der Waals surface area contributed by atoms with Gasteiger partial charge in [0.2, 0.25) is 20.0 Å². The lowest BCUT2D eigenvalue weighted by atomic mass is 9.91. The number of hydrogen-bond acceptors (Lipinski definition) is 7. The number of allylic oxidation sites excluding steroid dienone is 7. The molecule has 0 aliphatic rings. The standard InChI is InChI=1S/C27H17N8O4S2/c1-32-24(16-30)26(18-5-9-22(10-6-18)34-40(3,36)37)20(14-28)13-21(15-29)27(25(17-31)33-2)19-7-11-23(12-8-19)35-41(4,38)39/h5-13,34-35H,3-4H3/q-1. The summed E-state index contributed by atoms with van der Waals surface area (Å²) in [6.07, 6.45) is 2.93. The van der Waals surface area contributed by atoms with E-state index in [0.29, 0.717) is 0 Å². The number of sulfonamides is 2. The number of nitriles is 3. The van der Waals surface area contributed by atoms with Crippen LogP contribution in [0.1, 0.15) is 11.1 Å². The van der Waals surface area contributed by atoms with Crippen molar-refractivity contribution in [3.63, 3.8) is 0 Å². The molecule has 0 aliphatic carbocycles. The van der Waals surface area contributed by atoms with Crippen LogP contribution in [0, 0.1) is 47.1 Å². The van der Waals surface area contributed by atoms with Gasteiger partial charge in [-0.3, -0.25) is 15.3 Å². The lowest BCUT2D eigenvalue weighted by Gasteiger charge is -2.14. The lowest BCUT2D eigenvalue weighted by Crippen LogP contribution is -2.09. The predicted octanol–water partition coefficient (Wildman–Crippen LogP) is 4.05. The van der Waals surface area contributed by atoms with Gasteiger partial charge in [0.1, 0.15) is 0 Å². The second-order valence-corrected chi connectivity index (χ2v) is 11.5. The van der Waals surface area contributed by atoms with Crippen LogP contribution in [0.3, 0.4) is 0 Å². The van der Waals surface area contributed by atoms with E-state index < -0.39 is 31.4 Å². The van der Waals surface area contributed by atoms with Crippen molar-refractivity contribution >= 4 is 48.4 Å². The smallest absolute Gasteiger partial charge is 0.270 e. The van der Waals surface area contributed by atoms with Crippen LogP contribution in [0.15, 0.2) is 77.1 Å². The molecule has 12 nitrogen and oxygen atoms in total. The van der Waals surface area contributed by atoms with Gasteiger partial charge in [-0.1, -0.05) is 24.3 Å². The molecule has 0 aromatic heterocycles. The number of hydrogen-bond donors (Lipinski definition) is 2. The van der Waals surface area contributed by atoms with Crippen LogP contribution in [0.25, 0.3) is 26.2 Å². The van der Waals surface area contributed by atoms with Gasteiger partial charge in [-0.2, -0.15) is 5.26 Å². The third-order valence-corrected chi connectivity index (χ3v) is 6.14. The monoisotopic (exact) mass is 581 g/mol. The molecule has 0 aliphatic heterocycles. The van der Waals surface area contributed by atoms with Crippen molar-refractivity contribution in [3.05, 3.63) is 117 Å². The molecule has 2 N–H and O–H groups in total. The minimum Gasteiger partial charge on any atom is -0.763 e. The third-order valence-electron chi connectivity index (χ3n) is 4.93. The Kier molecular flexibility index (Phi) is 10.1. The molecule has 0 amide bonds. The molecule has 41 heavy (non-hydrogen) atoms. The predicted molar refractivity (Wildman–Crippen MR) is 154 cm³/mol. The fourth-order valence-corrected chi connectivity index (χ4v) is 4.54. The third kappa shape index (κ3) is 8.53. The van der Waals surface area contributed by atoms with Crippen molar-refractivity contribution in [1.82, 2.24) is 0 Å². The highest BCUT2D eigenvalue weighted by atomic mass is 32.2. The lowest BCUT2D eigenvalue weighted by molar-refractivity contribution is 0.605. The Bertz CT molecular complexity index is 1930. The van der Waals surface area contributed by atoms with Crippen LogP contribution in [0.5, 0.6) is 0 Å². The summed E-state index contributed by atoms with van der Waals surface area (Å²) >= 11 is 0. The van der Waals surface area contributed by atoms with Gasteiger partial charge >= 0.3 is 0 Å². The first-order valence-corrected chi connectivity index (χ1v) is 14.7. The molecular weight excluding hydrogens is 564 g/mol. The molecule has 14 heteroatoms. The maximum absolute atomic E-state index is 11.5. The highest BCUT2D eigenvalue weighted by Gasteiger charge is 2.19. The minimum atomic E-state index is -3.59. The fourth-order valence-electron chi connectivity index (χ4n) is 3.42. The fraction of sp³-hybridized carbons (Fsp3) is 0.0741. The Balaban J connectivity index is 2.79. The summed E-state index contributed by atoms with van der Waals surface area (Å²) in [6.45, 7) is 14.9. The van der Waals surface area contributed by atoms with Gasteiger partial charge in [0, 0.05) is 22.5 Å². The van der Waals surface area contributed by atoms with Gasteiger partial charge in [0.05, 0.1) is 49.4 Å². The second kappa shape index (κ2) is 13.2. The Morgan fingerprint density at radius 3 is 1.46 bits per heavy atom. The Hall–Kier alpha value is -5.94. The molecule has 0 radical (unpaired) electrons.